The van der Waals surface area contributed by atoms with Crippen molar-refractivity contribution in [1.82, 2.24) is 9.97 Å². The van der Waals surface area contributed by atoms with Gasteiger partial charge in [0, 0.05) is 19.1 Å². The van der Waals surface area contributed by atoms with Crippen molar-refractivity contribution in [3.63, 3.8) is 0 Å². The second-order valence-electron chi connectivity index (χ2n) is 7.74. The van der Waals surface area contributed by atoms with Gasteiger partial charge >= 0.3 is 0 Å². The molecule has 2 atom stereocenters. The summed E-state index contributed by atoms with van der Waals surface area (Å²) in [7, 11) is -2.36. The number of hydrogen-bond donors (Lipinski definition) is 3. The van der Waals surface area contributed by atoms with Crippen molar-refractivity contribution >= 4 is 11.8 Å². The van der Waals surface area contributed by atoms with Crippen LogP contribution < -0.4 is 10.6 Å². The highest BCUT2D eigenvalue weighted by molar-refractivity contribution is 5.54. The zero-order valence-corrected chi connectivity index (χ0v) is 15.2. The van der Waals surface area contributed by atoms with E-state index in [1.54, 1.807) is 0 Å². The van der Waals surface area contributed by atoms with E-state index in [-0.39, 0.29) is 18.2 Å². The molecule has 0 radical (unpaired) electrons. The Kier molecular flexibility index (Phi) is 4.78. The molecule has 0 aromatic carbocycles. The smallest absolute Gasteiger partial charge is 0.224 e. The molecule has 1 heterocycles. The van der Waals surface area contributed by atoms with E-state index in [1.165, 1.54) is 6.20 Å². The maximum absolute atomic E-state index is 10.3. The molecule has 7 heteroatoms. The summed E-state index contributed by atoms with van der Waals surface area (Å²) < 4.78 is 26.8. The van der Waals surface area contributed by atoms with Crippen LogP contribution in [0.15, 0.2) is 6.20 Å². The summed E-state index contributed by atoms with van der Waals surface area (Å²) in [5.41, 5.74) is -0.331. The van der Waals surface area contributed by atoms with Gasteiger partial charge in [-0.3, -0.25) is 0 Å². The Labute approximate surface area is 159 Å². The Morgan fingerprint density at radius 1 is 1.31 bits per heavy atom. The summed E-state index contributed by atoms with van der Waals surface area (Å²) in [6.07, 6.45) is 7.32. The predicted octanol–water partition coefficient (Wildman–Crippen LogP) is 2.82. The van der Waals surface area contributed by atoms with Gasteiger partial charge in [-0.2, -0.15) is 10.2 Å². The molecule has 2 aliphatic carbocycles. The monoisotopic (exact) mass is 362 g/mol. The molecule has 2 aliphatic rings. The Balaban J connectivity index is 1.60. The fourth-order valence-corrected chi connectivity index (χ4v) is 3.93. The first-order chi connectivity index (χ1) is 13.6. The summed E-state index contributed by atoms with van der Waals surface area (Å²) in [6.45, 7) is 1.84. The standard InChI is InChI=1S/C19H29N5O2/c1-19(25)9-3-4-15(10-19)22-17-13(11-20)12-21-18(24-17)23-14-5-7-16(26-2)8-6-14/h12,14-16,25H,3-10H2,1-2H3,(H2,21,22,23,24)/t14?,15-,16?,19+/m1/s1/i2D3. The van der Waals surface area contributed by atoms with E-state index < -0.39 is 12.6 Å². The third kappa shape index (κ3) is 4.83. The van der Waals surface area contributed by atoms with Crippen LogP contribution >= 0.6 is 0 Å². The number of nitrogens with zero attached hydrogens (tertiary/aromatic N) is 3. The highest BCUT2D eigenvalue weighted by Gasteiger charge is 2.30. The quantitative estimate of drug-likeness (QED) is 0.740. The third-order valence-corrected chi connectivity index (χ3v) is 5.38. The van der Waals surface area contributed by atoms with Crippen molar-refractivity contribution in [2.24, 2.45) is 0 Å². The number of anilines is 2. The number of aliphatic hydroxyl groups is 1. The van der Waals surface area contributed by atoms with Gasteiger partial charge in [-0.05, 0) is 58.3 Å². The molecule has 1 aromatic rings. The normalized spacial score (nSPS) is 34.0. The molecule has 142 valence electrons. The average Bonchev–Trinajstić information content (AvgIpc) is 2.62. The SMILES string of the molecule is [2H]C([2H])([2H])OC1CCC(Nc2ncc(C#N)c(N[C@@H]3CCC[C@](C)(O)C3)n2)CC1. The molecule has 1 aromatic heterocycles. The number of aromatic nitrogens is 2. The van der Waals surface area contributed by atoms with Crippen molar-refractivity contribution in [1.29, 1.82) is 5.26 Å². The van der Waals surface area contributed by atoms with Gasteiger partial charge in [-0.15, -0.1) is 0 Å². The molecule has 0 bridgehead atoms. The van der Waals surface area contributed by atoms with Gasteiger partial charge in [-0.1, -0.05) is 0 Å². The molecule has 0 aliphatic heterocycles. The summed E-state index contributed by atoms with van der Waals surface area (Å²) in [6, 6.07) is 2.30. The van der Waals surface area contributed by atoms with Crippen LogP contribution in [0, 0.1) is 11.3 Å². The van der Waals surface area contributed by atoms with Crippen molar-refractivity contribution in [2.75, 3.05) is 17.7 Å². The van der Waals surface area contributed by atoms with E-state index >= 15 is 0 Å². The molecule has 3 rings (SSSR count). The van der Waals surface area contributed by atoms with Crippen molar-refractivity contribution in [2.45, 2.75) is 82.1 Å². The summed E-state index contributed by atoms with van der Waals surface area (Å²) in [5, 5.41) is 26.3. The second-order valence-corrected chi connectivity index (χ2v) is 7.74. The third-order valence-electron chi connectivity index (χ3n) is 5.38. The molecule has 0 amide bonds. The summed E-state index contributed by atoms with van der Waals surface area (Å²) in [4.78, 5) is 8.75. The van der Waals surface area contributed by atoms with Crippen LogP contribution in [0.3, 0.4) is 0 Å². The topological polar surface area (TPSA) is 103 Å². The lowest BCUT2D eigenvalue weighted by Gasteiger charge is -2.34. The minimum absolute atomic E-state index is 0.0565. The minimum atomic E-state index is -2.36. The lowest BCUT2D eigenvalue weighted by Crippen LogP contribution is -2.38. The van der Waals surface area contributed by atoms with Crippen LogP contribution in [0.25, 0.3) is 0 Å². The first-order valence-corrected chi connectivity index (χ1v) is 9.34. The van der Waals surface area contributed by atoms with Crippen molar-refractivity contribution in [3.8, 4) is 6.07 Å². The molecule has 3 N–H and O–H groups in total. The van der Waals surface area contributed by atoms with Gasteiger partial charge in [0.2, 0.25) is 5.95 Å². The predicted molar refractivity (Wildman–Crippen MR) is 99.9 cm³/mol. The van der Waals surface area contributed by atoms with Crippen LogP contribution in [0.2, 0.25) is 0 Å². The van der Waals surface area contributed by atoms with Gasteiger partial charge in [-0.25, -0.2) is 4.98 Å². The number of rotatable bonds is 5. The zero-order chi connectivity index (χ0) is 21.1. The fourth-order valence-electron chi connectivity index (χ4n) is 3.93. The maximum Gasteiger partial charge on any atom is 0.224 e. The van der Waals surface area contributed by atoms with Gasteiger partial charge in [0.15, 0.2) is 0 Å². The van der Waals surface area contributed by atoms with Gasteiger partial charge in [0.05, 0.1) is 22.0 Å². The first kappa shape index (κ1) is 15.2. The van der Waals surface area contributed by atoms with E-state index in [9.17, 15) is 10.4 Å². The summed E-state index contributed by atoms with van der Waals surface area (Å²) >= 11 is 0. The van der Waals surface area contributed by atoms with Crippen LogP contribution in [-0.4, -0.2) is 45.9 Å². The van der Waals surface area contributed by atoms with E-state index in [0.717, 1.165) is 32.1 Å². The molecular weight excluding hydrogens is 330 g/mol. The van der Waals surface area contributed by atoms with Crippen molar-refractivity contribution in [3.05, 3.63) is 11.8 Å². The number of ether oxygens (including phenoxy) is 1. The van der Waals surface area contributed by atoms with E-state index in [0.29, 0.717) is 36.6 Å². The van der Waals surface area contributed by atoms with Gasteiger partial charge in [0.25, 0.3) is 0 Å². The van der Waals surface area contributed by atoms with Crippen LogP contribution in [0.4, 0.5) is 11.8 Å². The molecule has 2 fully saturated rings. The molecule has 26 heavy (non-hydrogen) atoms. The maximum atomic E-state index is 10.3. The molecule has 7 nitrogen and oxygen atoms in total. The molecule has 0 spiro atoms. The van der Waals surface area contributed by atoms with E-state index in [1.807, 2.05) is 6.92 Å². The van der Waals surface area contributed by atoms with Crippen LogP contribution in [0.1, 0.15) is 68.0 Å². The van der Waals surface area contributed by atoms with Crippen LogP contribution in [-0.2, 0) is 4.74 Å². The summed E-state index contributed by atoms with van der Waals surface area (Å²) in [5.74, 6) is 0.918. The number of nitrogens with one attached hydrogen (secondary N) is 2. The second kappa shape index (κ2) is 8.19. The van der Waals surface area contributed by atoms with Gasteiger partial charge < -0.3 is 20.5 Å². The van der Waals surface area contributed by atoms with E-state index in [2.05, 4.69) is 26.7 Å². The molecule has 0 saturated heterocycles. The number of nitriles is 1. The molecule has 2 saturated carbocycles. The van der Waals surface area contributed by atoms with Crippen molar-refractivity contribution < 1.29 is 14.0 Å². The Bertz CT molecular complexity index is 742. The highest BCUT2D eigenvalue weighted by atomic mass is 16.5. The zero-order valence-electron chi connectivity index (χ0n) is 18.2. The fraction of sp³-hybridized carbons (Fsp3) is 0.737. The van der Waals surface area contributed by atoms with Crippen LogP contribution in [0.5, 0.6) is 0 Å². The molecular formula is C19H29N5O2. The lowest BCUT2D eigenvalue weighted by atomic mass is 9.83. The number of methoxy groups -OCH3 is 1. The highest BCUT2D eigenvalue weighted by Crippen LogP contribution is 2.30. The Morgan fingerprint density at radius 2 is 2.12 bits per heavy atom. The lowest BCUT2D eigenvalue weighted by molar-refractivity contribution is 0.0182. The first-order valence-electron chi connectivity index (χ1n) is 10.8. The van der Waals surface area contributed by atoms with E-state index in [4.69, 9.17) is 8.85 Å². The Morgan fingerprint density at radius 3 is 2.81 bits per heavy atom. The largest absolute Gasteiger partial charge is 0.390 e. The van der Waals surface area contributed by atoms with Gasteiger partial charge in [0.1, 0.15) is 17.5 Å². The number of hydrogen-bond acceptors (Lipinski definition) is 7. The average molecular weight is 362 g/mol. The molecule has 0 unspecified atom stereocenters. The Hall–Kier alpha value is -1.91. The minimum Gasteiger partial charge on any atom is -0.390 e.